The number of benzene rings is 1. The number of phenols is 1. The molecule has 0 saturated heterocycles. The Bertz CT molecular complexity index is 639. The van der Waals surface area contributed by atoms with Gasteiger partial charge in [-0.1, -0.05) is 0 Å². The highest BCUT2D eigenvalue weighted by atomic mass is 16.3. The highest BCUT2D eigenvalue weighted by molar-refractivity contribution is 6.07. The van der Waals surface area contributed by atoms with Gasteiger partial charge < -0.3 is 10.1 Å². The second-order valence-corrected chi connectivity index (χ2v) is 3.94. The maximum Gasteiger partial charge on any atom is 0.269 e. The number of phenolic OH excluding ortho intramolecular Hbond substituents is 1. The van der Waals surface area contributed by atoms with Gasteiger partial charge in [0, 0.05) is 24.1 Å². The van der Waals surface area contributed by atoms with E-state index in [-0.39, 0.29) is 17.4 Å². The van der Waals surface area contributed by atoms with Crippen molar-refractivity contribution in [2.75, 3.05) is 0 Å². The van der Waals surface area contributed by atoms with Crippen molar-refractivity contribution in [3.63, 3.8) is 0 Å². The number of hydrogen-bond acceptors (Lipinski definition) is 3. The molecule has 1 amide bonds. The number of ketones is 1. The van der Waals surface area contributed by atoms with E-state index in [9.17, 15) is 9.59 Å². The lowest BCUT2D eigenvalue weighted by Gasteiger charge is -1.98. The highest BCUT2D eigenvalue weighted by Gasteiger charge is 2.08. The Morgan fingerprint density at radius 1 is 1.15 bits per heavy atom. The lowest BCUT2D eigenvalue weighted by molar-refractivity contribution is -0.113. The van der Waals surface area contributed by atoms with Crippen LogP contribution in [-0.4, -0.2) is 28.0 Å². The van der Waals surface area contributed by atoms with Gasteiger partial charge in [0.15, 0.2) is 0 Å². The van der Waals surface area contributed by atoms with Crippen LogP contribution in [0.3, 0.4) is 0 Å². The largest absolute Gasteiger partial charge is 0.508 e. The average Bonchev–Trinajstić information content (AvgIpc) is 3.12. The van der Waals surface area contributed by atoms with Crippen LogP contribution in [0.5, 0.6) is 5.75 Å². The molecule has 1 aliphatic rings. The van der Waals surface area contributed by atoms with Gasteiger partial charge in [-0.15, -0.1) is 0 Å². The zero-order valence-electron chi connectivity index (χ0n) is 10.5. The minimum Gasteiger partial charge on any atom is -0.508 e. The number of aromatic nitrogens is 1. The predicted octanol–water partition coefficient (Wildman–Crippen LogP) is 2.10. The minimum atomic E-state index is -0.157. The van der Waals surface area contributed by atoms with Crippen LogP contribution >= 0.6 is 0 Å². The SMILES string of the molecule is O=C(c1ccc(O)cc1)c1ccc[nH]1.O=C1C=CC=N1. The molecule has 1 aromatic carbocycles. The zero-order chi connectivity index (χ0) is 14.4. The van der Waals surface area contributed by atoms with Crippen molar-refractivity contribution in [2.45, 2.75) is 0 Å². The second-order valence-electron chi connectivity index (χ2n) is 3.94. The number of amides is 1. The molecular weight excluding hydrogens is 256 g/mol. The summed E-state index contributed by atoms with van der Waals surface area (Å²) < 4.78 is 0. The first kappa shape index (κ1) is 13.5. The predicted molar refractivity (Wildman–Crippen MR) is 75.0 cm³/mol. The number of aromatic hydroxyl groups is 1. The third-order valence-corrected chi connectivity index (χ3v) is 2.50. The van der Waals surface area contributed by atoms with Crippen molar-refractivity contribution in [2.24, 2.45) is 4.99 Å². The van der Waals surface area contributed by atoms with Gasteiger partial charge in [-0.3, -0.25) is 9.59 Å². The summed E-state index contributed by atoms with van der Waals surface area (Å²) in [5.74, 6) is -0.0713. The van der Waals surface area contributed by atoms with E-state index in [4.69, 9.17) is 5.11 Å². The molecule has 0 bridgehead atoms. The van der Waals surface area contributed by atoms with Gasteiger partial charge in [-0.2, -0.15) is 0 Å². The van der Waals surface area contributed by atoms with Crippen molar-refractivity contribution in [3.05, 3.63) is 66.0 Å². The number of H-pyrrole nitrogens is 1. The Labute approximate surface area is 115 Å². The van der Waals surface area contributed by atoms with Gasteiger partial charge in [-0.05, 0) is 42.5 Å². The van der Waals surface area contributed by atoms with Crippen molar-refractivity contribution in [1.82, 2.24) is 4.98 Å². The molecule has 20 heavy (non-hydrogen) atoms. The third kappa shape index (κ3) is 3.52. The molecule has 0 spiro atoms. The third-order valence-electron chi connectivity index (χ3n) is 2.50. The van der Waals surface area contributed by atoms with E-state index in [2.05, 4.69) is 9.98 Å². The van der Waals surface area contributed by atoms with Crippen LogP contribution in [0.4, 0.5) is 0 Å². The summed E-state index contributed by atoms with van der Waals surface area (Å²) in [6.07, 6.45) is 6.21. The summed E-state index contributed by atoms with van der Waals surface area (Å²) in [6.45, 7) is 0. The molecule has 0 radical (unpaired) electrons. The molecule has 0 atom stereocenters. The number of nitrogens with one attached hydrogen (secondary N) is 1. The Morgan fingerprint density at radius 3 is 2.35 bits per heavy atom. The summed E-state index contributed by atoms with van der Waals surface area (Å²) in [4.78, 5) is 27.9. The molecule has 0 unspecified atom stereocenters. The number of rotatable bonds is 2. The van der Waals surface area contributed by atoms with Crippen LogP contribution in [0.15, 0.2) is 59.7 Å². The Hall–Kier alpha value is -2.95. The molecule has 3 rings (SSSR count). The molecule has 1 aliphatic heterocycles. The molecule has 0 fully saturated rings. The molecule has 100 valence electrons. The van der Waals surface area contributed by atoms with Gasteiger partial charge in [0.25, 0.3) is 5.91 Å². The van der Waals surface area contributed by atoms with Crippen LogP contribution in [0.1, 0.15) is 16.1 Å². The summed E-state index contributed by atoms with van der Waals surface area (Å²) in [5, 5.41) is 9.05. The molecule has 5 nitrogen and oxygen atoms in total. The Balaban J connectivity index is 0.000000205. The monoisotopic (exact) mass is 268 g/mol. The standard InChI is InChI=1S/C11H9NO2.C4H3NO/c13-9-5-3-8(4-6-9)11(14)10-2-1-7-12-10;6-4-2-1-3-5-4/h1-7,12-13H;1-3H. The fraction of sp³-hybridized carbons (Fsp3) is 0. The first-order valence-electron chi connectivity index (χ1n) is 5.88. The van der Waals surface area contributed by atoms with Crippen molar-refractivity contribution in [1.29, 1.82) is 0 Å². The van der Waals surface area contributed by atoms with Crippen LogP contribution in [0.25, 0.3) is 0 Å². The number of carbonyl (C=O) groups is 2. The van der Waals surface area contributed by atoms with E-state index in [0.717, 1.165) is 0 Å². The van der Waals surface area contributed by atoms with Crippen LogP contribution in [0.2, 0.25) is 0 Å². The Kier molecular flexibility index (Phi) is 4.24. The van der Waals surface area contributed by atoms with Gasteiger partial charge >= 0.3 is 0 Å². The van der Waals surface area contributed by atoms with E-state index in [1.54, 1.807) is 36.5 Å². The average molecular weight is 268 g/mol. The van der Waals surface area contributed by atoms with Gasteiger partial charge in [0.1, 0.15) is 5.75 Å². The summed E-state index contributed by atoms with van der Waals surface area (Å²) in [5.41, 5.74) is 1.11. The minimum absolute atomic E-state index is 0.0741. The zero-order valence-corrected chi connectivity index (χ0v) is 10.5. The first-order chi connectivity index (χ1) is 9.66. The topological polar surface area (TPSA) is 82.5 Å². The highest BCUT2D eigenvalue weighted by Crippen LogP contribution is 2.12. The molecule has 0 aliphatic carbocycles. The van der Waals surface area contributed by atoms with E-state index < -0.39 is 0 Å². The fourth-order valence-electron chi connectivity index (χ4n) is 1.52. The van der Waals surface area contributed by atoms with Crippen molar-refractivity contribution >= 4 is 17.9 Å². The number of allylic oxidation sites excluding steroid dienone is 1. The molecule has 2 aromatic rings. The molecule has 5 heteroatoms. The van der Waals surface area contributed by atoms with Gasteiger partial charge in [0.2, 0.25) is 5.78 Å². The number of aliphatic imine (C=N–C) groups is 1. The first-order valence-corrected chi connectivity index (χ1v) is 5.88. The molecule has 2 heterocycles. The van der Waals surface area contributed by atoms with Gasteiger partial charge in [0.05, 0.1) is 5.69 Å². The summed E-state index contributed by atoms with van der Waals surface area (Å²) in [7, 11) is 0. The lowest BCUT2D eigenvalue weighted by atomic mass is 10.1. The molecule has 2 N–H and O–H groups in total. The number of hydrogen-bond donors (Lipinski definition) is 2. The summed E-state index contributed by atoms with van der Waals surface area (Å²) in [6, 6.07) is 9.67. The van der Waals surface area contributed by atoms with Crippen molar-refractivity contribution < 1.29 is 14.7 Å². The van der Waals surface area contributed by atoms with E-state index in [0.29, 0.717) is 11.3 Å². The summed E-state index contributed by atoms with van der Waals surface area (Å²) >= 11 is 0. The smallest absolute Gasteiger partial charge is 0.269 e. The maximum atomic E-state index is 11.7. The van der Waals surface area contributed by atoms with Crippen LogP contribution < -0.4 is 0 Å². The van der Waals surface area contributed by atoms with Crippen LogP contribution in [-0.2, 0) is 4.79 Å². The maximum absolute atomic E-state index is 11.7. The Morgan fingerprint density at radius 2 is 1.90 bits per heavy atom. The lowest BCUT2D eigenvalue weighted by Crippen LogP contribution is -2.00. The molecule has 1 aromatic heterocycles. The fourth-order valence-corrected chi connectivity index (χ4v) is 1.52. The normalized spacial score (nSPS) is 12.1. The van der Waals surface area contributed by atoms with Crippen molar-refractivity contribution in [3.8, 4) is 5.75 Å². The van der Waals surface area contributed by atoms with Crippen LogP contribution in [0, 0.1) is 0 Å². The van der Waals surface area contributed by atoms with E-state index >= 15 is 0 Å². The van der Waals surface area contributed by atoms with Gasteiger partial charge in [-0.25, -0.2) is 4.99 Å². The number of carbonyl (C=O) groups excluding carboxylic acids is 2. The quantitative estimate of drug-likeness (QED) is 0.818. The number of aromatic amines is 1. The molecule has 0 saturated carbocycles. The van der Waals surface area contributed by atoms with E-state index in [1.165, 1.54) is 24.4 Å². The number of nitrogens with zero attached hydrogens (tertiary/aromatic N) is 1. The molecular formula is C15H12N2O3. The second kappa shape index (κ2) is 6.29. The van der Waals surface area contributed by atoms with E-state index in [1.807, 2.05) is 0 Å².